The minimum Gasteiger partial charge on any atom is -0.494 e. The van der Waals surface area contributed by atoms with E-state index in [1.807, 2.05) is 55.5 Å². The van der Waals surface area contributed by atoms with Gasteiger partial charge in [-0.25, -0.2) is 0 Å². The lowest BCUT2D eigenvalue weighted by molar-refractivity contribution is 0.309. The summed E-state index contributed by atoms with van der Waals surface area (Å²) in [6, 6.07) is 13.2. The number of fused-ring (bicyclic) bond motifs is 1. The van der Waals surface area contributed by atoms with E-state index in [1.54, 1.807) is 7.11 Å². The molecule has 8 heteroatoms. The third kappa shape index (κ3) is 4.60. The van der Waals surface area contributed by atoms with Crippen molar-refractivity contribution < 1.29 is 14.2 Å². The van der Waals surface area contributed by atoms with Gasteiger partial charge in [0, 0.05) is 5.56 Å². The van der Waals surface area contributed by atoms with Crippen molar-refractivity contribution in [1.82, 2.24) is 14.6 Å². The van der Waals surface area contributed by atoms with Crippen LogP contribution in [0.25, 0.3) is 22.4 Å². The van der Waals surface area contributed by atoms with Gasteiger partial charge in [-0.1, -0.05) is 30.7 Å². The molecule has 32 heavy (non-hydrogen) atoms. The zero-order valence-corrected chi connectivity index (χ0v) is 19.1. The molecule has 4 rings (SSSR count). The molecule has 0 aliphatic rings. The molecular formula is C24H25N3O4S. The average Bonchev–Trinajstić information content (AvgIpc) is 3.35. The SMILES string of the molecule is CCCCOc1ccc(-c2nc3s/c(=C\c4ccc(OCC)c(OC)c4)c(=O)n3n2)cc1. The Morgan fingerprint density at radius 2 is 1.88 bits per heavy atom. The van der Waals surface area contributed by atoms with Crippen molar-refractivity contribution >= 4 is 22.4 Å². The number of hydrogen-bond acceptors (Lipinski definition) is 7. The first-order valence-corrected chi connectivity index (χ1v) is 11.4. The number of unbranched alkanes of at least 4 members (excludes halogenated alkanes) is 1. The van der Waals surface area contributed by atoms with Gasteiger partial charge >= 0.3 is 0 Å². The van der Waals surface area contributed by atoms with Crippen LogP contribution in [0.4, 0.5) is 0 Å². The Bertz CT molecular complexity index is 1310. The topological polar surface area (TPSA) is 75.0 Å². The highest BCUT2D eigenvalue weighted by molar-refractivity contribution is 7.15. The second-order valence-corrected chi connectivity index (χ2v) is 8.12. The summed E-state index contributed by atoms with van der Waals surface area (Å²) in [5.41, 5.74) is 1.48. The number of ether oxygens (including phenoxy) is 3. The van der Waals surface area contributed by atoms with E-state index in [2.05, 4.69) is 17.0 Å². The Kier molecular flexibility index (Phi) is 6.70. The third-order valence-electron chi connectivity index (χ3n) is 4.85. The summed E-state index contributed by atoms with van der Waals surface area (Å²) in [4.78, 5) is 18.0. The fourth-order valence-corrected chi connectivity index (χ4v) is 4.10. The highest BCUT2D eigenvalue weighted by Gasteiger charge is 2.12. The standard InChI is InChI=1S/C24H25N3O4S/c1-4-6-13-31-18-10-8-17(9-11-18)22-25-24-27(26-22)23(28)21(32-24)15-16-7-12-19(30-5-2)20(14-16)29-3/h7-12,14-15H,4-6,13H2,1-3H3/b21-15-. The summed E-state index contributed by atoms with van der Waals surface area (Å²) in [5, 5.41) is 4.42. The van der Waals surface area contributed by atoms with Gasteiger partial charge in [0.05, 0.1) is 24.9 Å². The number of benzene rings is 2. The van der Waals surface area contributed by atoms with Crippen molar-refractivity contribution in [1.29, 1.82) is 0 Å². The van der Waals surface area contributed by atoms with E-state index in [-0.39, 0.29) is 5.56 Å². The predicted octanol–water partition coefficient (Wildman–Crippen LogP) is 3.95. The monoisotopic (exact) mass is 451 g/mol. The molecule has 0 fully saturated rings. The molecule has 0 radical (unpaired) electrons. The van der Waals surface area contributed by atoms with Gasteiger partial charge in [-0.05, 0) is 61.4 Å². The maximum atomic E-state index is 12.9. The average molecular weight is 452 g/mol. The van der Waals surface area contributed by atoms with Gasteiger partial charge in [0.2, 0.25) is 4.96 Å². The molecule has 166 valence electrons. The van der Waals surface area contributed by atoms with Gasteiger partial charge in [-0.3, -0.25) is 4.79 Å². The van der Waals surface area contributed by atoms with Gasteiger partial charge in [-0.2, -0.15) is 9.50 Å². The van der Waals surface area contributed by atoms with E-state index < -0.39 is 0 Å². The lowest BCUT2D eigenvalue weighted by atomic mass is 10.2. The van der Waals surface area contributed by atoms with Gasteiger partial charge in [0.1, 0.15) is 5.75 Å². The smallest absolute Gasteiger partial charge is 0.291 e. The van der Waals surface area contributed by atoms with Crippen molar-refractivity contribution in [2.24, 2.45) is 0 Å². The van der Waals surface area contributed by atoms with E-state index in [0.717, 1.165) is 29.7 Å². The Morgan fingerprint density at radius 1 is 1.06 bits per heavy atom. The van der Waals surface area contributed by atoms with Crippen molar-refractivity contribution in [3.05, 3.63) is 62.9 Å². The van der Waals surface area contributed by atoms with Crippen LogP contribution in [0.1, 0.15) is 32.3 Å². The first-order chi connectivity index (χ1) is 15.6. The number of methoxy groups -OCH3 is 1. The highest BCUT2D eigenvalue weighted by Crippen LogP contribution is 2.28. The maximum Gasteiger partial charge on any atom is 0.291 e. The molecule has 0 spiro atoms. The van der Waals surface area contributed by atoms with Crippen LogP contribution in [-0.2, 0) is 0 Å². The summed E-state index contributed by atoms with van der Waals surface area (Å²) in [6.07, 6.45) is 3.93. The first-order valence-electron chi connectivity index (χ1n) is 10.6. The van der Waals surface area contributed by atoms with E-state index >= 15 is 0 Å². The van der Waals surface area contributed by atoms with Crippen molar-refractivity contribution in [2.75, 3.05) is 20.3 Å². The fourth-order valence-electron chi connectivity index (χ4n) is 3.19. The van der Waals surface area contributed by atoms with Crippen LogP contribution in [0, 0.1) is 0 Å². The molecule has 0 N–H and O–H groups in total. The van der Waals surface area contributed by atoms with Gasteiger partial charge in [0.25, 0.3) is 5.56 Å². The maximum absolute atomic E-state index is 12.9. The highest BCUT2D eigenvalue weighted by atomic mass is 32.1. The summed E-state index contributed by atoms with van der Waals surface area (Å²) < 4.78 is 18.5. The minimum absolute atomic E-state index is 0.198. The predicted molar refractivity (Wildman–Crippen MR) is 126 cm³/mol. The molecule has 0 unspecified atom stereocenters. The van der Waals surface area contributed by atoms with Gasteiger partial charge in [-0.15, -0.1) is 5.10 Å². The number of rotatable bonds is 9. The van der Waals surface area contributed by atoms with Crippen molar-refractivity contribution in [2.45, 2.75) is 26.7 Å². The molecule has 2 aromatic heterocycles. The third-order valence-corrected chi connectivity index (χ3v) is 5.81. The van der Waals surface area contributed by atoms with Crippen molar-refractivity contribution in [3.8, 4) is 28.6 Å². The number of nitrogens with zero attached hydrogens (tertiary/aromatic N) is 3. The summed E-state index contributed by atoms with van der Waals surface area (Å²) >= 11 is 1.30. The molecule has 7 nitrogen and oxygen atoms in total. The van der Waals surface area contributed by atoms with Crippen LogP contribution >= 0.6 is 11.3 Å². The van der Waals surface area contributed by atoms with Crippen LogP contribution < -0.4 is 24.3 Å². The molecule has 0 amide bonds. The largest absolute Gasteiger partial charge is 0.494 e. The lowest BCUT2D eigenvalue weighted by Crippen LogP contribution is -2.23. The Labute approximate surface area is 189 Å². The first kappa shape index (κ1) is 21.8. The van der Waals surface area contributed by atoms with Crippen LogP contribution in [-0.4, -0.2) is 34.9 Å². The number of thiazole rings is 1. The number of aromatic nitrogens is 3. The Hall–Kier alpha value is -3.39. The molecule has 0 saturated carbocycles. The Morgan fingerprint density at radius 3 is 2.56 bits per heavy atom. The number of hydrogen-bond donors (Lipinski definition) is 0. The van der Waals surface area contributed by atoms with E-state index in [9.17, 15) is 4.79 Å². The second kappa shape index (κ2) is 9.82. The van der Waals surface area contributed by atoms with Crippen LogP contribution in [0.2, 0.25) is 0 Å². The van der Waals surface area contributed by atoms with Crippen molar-refractivity contribution in [3.63, 3.8) is 0 Å². The Balaban J connectivity index is 1.60. The van der Waals surface area contributed by atoms with E-state index in [4.69, 9.17) is 14.2 Å². The quantitative estimate of drug-likeness (QED) is 0.359. The molecule has 4 aromatic rings. The summed E-state index contributed by atoms with van der Waals surface area (Å²) in [5.74, 6) is 2.62. The van der Waals surface area contributed by atoms with E-state index in [1.165, 1.54) is 15.9 Å². The summed E-state index contributed by atoms with van der Waals surface area (Å²) in [7, 11) is 1.59. The molecule has 0 saturated heterocycles. The fraction of sp³-hybridized carbons (Fsp3) is 0.292. The van der Waals surface area contributed by atoms with E-state index in [0.29, 0.717) is 40.0 Å². The van der Waals surface area contributed by atoms with Gasteiger partial charge < -0.3 is 14.2 Å². The van der Waals surface area contributed by atoms with Gasteiger partial charge in [0.15, 0.2) is 17.3 Å². The normalized spacial score (nSPS) is 11.8. The van der Waals surface area contributed by atoms with Crippen LogP contribution in [0.15, 0.2) is 47.3 Å². The summed E-state index contributed by atoms with van der Waals surface area (Å²) in [6.45, 7) is 5.30. The molecule has 0 bridgehead atoms. The second-order valence-electron chi connectivity index (χ2n) is 7.12. The molecule has 0 aliphatic heterocycles. The van der Waals surface area contributed by atoms with Crippen LogP contribution in [0.5, 0.6) is 17.2 Å². The zero-order valence-electron chi connectivity index (χ0n) is 18.3. The molecular weight excluding hydrogens is 426 g/mol. The zero-order chi connectivity index (χ0) is 22.5. The molecule has 2 aromatic carbocycles. The molecule has 0 atom stereocenters. The lowest BCUT2D eigenvalue weighted by Gasteiger charge is -2.09. The molecule has 0 aliphatic carbocycles. The molecule has 2 heterocycles. The van der Waals surface area contributed by atoms with Crippen LogP contribution in [0.3, 0.4) is 0 Å². The minimum atomic E-state index is -0.198.